The van der Waals surface area contributed by atoms with Crippen molar-refractivity contribution in [3.05, 3.63) is 35.4 Å². The van der Waals surface area contributed by atoms with Gasteiger partial charge in [-0.25, -0.2) is 0 Å². The van der Waals surface area contributed by atoms with Crippen molar-refractivity contribution in [3.8, 4) is 11.5 Å². The molecule has 0 aromatic heterocycles. The molecule has 0 fully saturated rings. The summed E-state index contributed by atoms with van der Waals surface area (Å²) in [4.78, 5) is 0. The van der Waals surface area contributed by atoms with Gasteiger partial charge in [0.1, 0.15) is 0 Å². The molecule has 0 radical (unpaired) electrons. The average molecular weight is 223 g/mol. The van der Waals surface area contributed by atoms with Crippen molar-refractivity contribution >= 4 is 22.4 Å². The van der Waals surface area contributed by atoms with Crippen LogP contribution in [-0.4, -0.2) is 14.2 Å². The summed E-state index contributed by atoms with van der Waals surface area (Å²) < 4.78 is 10.5. The fourth-order valence-corrected chi connectivity index (χ4v) is 1.94. The maximum absolute atomic E-state index is 6.08. The summed E-state index contributed by atoms with van der Waals surface area (Å²) in [7, 11) is 3.19. The minimum absolute atomic E-state index is 0.563. The first kappa shape index (κ1) is 10.1. The van der Waals surface area contributed by atoms with Crippen LogP contribution in [0.25, 0.3) is 10.8 Å². The largest absolute Gasteiger partial charge is 0.492 e. The summed E-state index contributed by atoms with van der Waals surface area (Å²) in [6.07, 6.45) is 0. The van der Waals surface area contributed by atoms with Crippen LogP contribution < -0.4 is 9.47 Å². The smallest absolute Gasteiger partial charge is 0.180 e. The lowest BCUT2D eigenvalue weighted by atomic mass is 10.1. The number of benzene rings is 2. The Morgan fingerprint density at radius 1 is 1.00 bits per heavy atom. The van der Waals surface area contributed by atoms with Crippen molar-refractivity contribution < 1.29 is 9.47 Å². The van der Waals surface area contributed by atoms with Gasteiger partial charge in [0, 0.05) is 5.39 Å². The molecule has 0 saturated heterocycles. The Bertz CT molecular complexity index is 494. The van der Waals surface area contributed by atoms with Crippen LogP contribution in [0, 0.1) is 0 Å². The third-order valence-corrected chi connectivity index (χ3v) is 2.60. The maximum Gasteiger partial charge on any atom is 0.180 e. The van der Waals surface area contributed by atoms with Gasteiger partial charge in [-0.3, -0.25) is 0 Å². The number of rotatable bonds is 2. The SMILES string of the molecule is COc1c(Cl)cc2ccccc2c1OC. The molecule has 0 aliphatic rings. The monoisotopic (exact) mass is 222 g/mol. The molecular weight excluding hydrogens is 212 g/mol. The van der Waals surface area contributed by atoms with E-state index >= 15 is 0 Å². The van der Waals surface area contributed by atoms with E-state index in [0.717, 1.165) is 10.8 Å². The maximum atomic E-state index is 6.08. The van der Waals surface area contributed by atoms with Crippen LogP contribution in [-0.2, 0) is 0 Å². The summed E-state index contributed by atoms with van der Waals surface area (Å²) in [5.74, 6) is 1.26. The van der Waals surface area contributed by atoms with Gasteiger partial charge in [-0.1, -0.05) is 35.9 Å². The number of methoxy groups -OCH3 is 2. The van der Waals surface area contributed by atoms with E-state index < -0.39 is 0 Å². The van der Waals surface area contributed by atoms with Gasteiger partial charge in [-0.2, -0.15) is 0 Å². The van der Waals surface area contributed by atoms with Crippen molar-refractivity contribution in [2.24, 2.45) is 0 Å². The van der Waals surface area contributed by atoms with Gasteiger partial charge >= 0.3 is 0 Å². The van der Waals surface area contributed by atoms with Gasteiger partial charge in [0.2, 0.25) is 0 Å². The van der Waals surface area contributed by atoms with E-state index in [0.29, 0.717) is 16.5 Å². The van der Waals surface area contributed by atoms with Gasteiger partial charge in [0.15, 0.2) is 11.5 Å². The average Bonchev–Trinajstić information content (AvgIpc) is 2.27. The van der Waals surface area contributed by atoms with Crippen LogP contribution in [0.1, 0.15) is 0 Å². The van der Waals surface area contributed by atoms with E-state index in [1.54, 1.807) is 14.2 Å². The lowest BCUT2D eigenvalue weighted by Crippen LogP contribution is -1.92. The van der Waals surface area contributed by atoms with E-state index in [-0.39, 0.29) is 0 Å². The van der Waals surface area contributed by atoms with Crippen molar-refractivity contribution in [2.45, 2.75) is 0 Å². The van der Waals surface area contributed by atoms with Gasteiger partial charge in [-0.05, 0) is 11.5 Å². The van der Waals surface area contributed by atoms with Gasteiger partial charge in [0.25, 0.3) is 0 Å². The number of fused-ring (bicyclic) bond motifs is 1. The molecule has 0 unspecified atom stereocenters. The molecule has 0 aliphatic heterocycles. The molecule has 0 bridgehead atoms. The quantitative estimate of drug-likeness (QED) is 0.774. The summed E-state index contributed by atoms with van der Waals surface area (Å²) >= 11 is 6.08. The van der Waals surface area contributed by atoms with Crippen molar-refractivity contribution in [1.82, 2.24) is 0 Å². The zero-order valence-corrected chi connectivity index (χ0v) is 9.34. The highest BCUT2D eigenvalue weighted by Crippen LogP contribution is 2.41. The fourth-order valence-electron chi connectivity index (χ4n) is 1.66. The Kier molecular flexibility index (Phi) is 2.69. The summed E-state index contributed by atoms with van der Waals surface area (Å²) in [6.45, 7) is 0. The van der Waals surface area contributed by atoms with E-state index in [9.17, 15) is 0 Å². The highest BCUT2D eigenvalue weighted by Gasteiger charge is 2.12. The summed E-state index contributed by atoms with van der Waals surface area (Å²) in [5.41, 5.74) is 0. The summed E-state index contributed by atoms with van der Waals surface area (Å²) in [6, 6.07) is 9.76. The lowest BCUT2D eigenvalue weighted by Gasteiger charge is -2.12. The standard InChI is InChI=1S/C12H11ClO2/c1-14-11-9-6-4-3-5-8(9)7-10(13)12(11)15-2/h3-7H,1-2H3. The molecule has 0 saturated carbocycles. The van der Waals surface area contributed by atoms with Crippen LogP contribution >= 0.6 is 11.6 Å². The number of hydrogen-bond acceptors (Lipinski definition) is 2. The molecular formula is C12H11ClO2. The van der Waals surface area contributed by atoms with E-state index in [4.69, 9.17) is 21.1 Å². The normalized spacial score (nSPS) is 10.3. The predicted octanol–water partition coefficient (Wildman–Crippen LogP) is 3.51. The second-order valence-corrected chi connectivity index (χ2v) is 3.55. The second-order valence-electron chi connectivity index (χ2n) is 3.15. The minimum Gasteiger partial charge on any atom is -0.492 e. The van der Waals surface area contributed by atoms with Crippen molar-refractivity contribution in [3.63, 3.8) is 0 Å². The zero-order chi connectivity index (χ0) is 10.8. The molecule has 78 valence electrons. The van der Waals surface area contributed by atoms with Crippen molar-refractivity contribution in [2.75, 3.05) is 14.2 Å². The number of halogens is 1. The molecule has 3 heteroatoms. The summed E-state index contributed by atoms with van der Waals surface area (Å²) in [5, 5.41) is 2.61. The molecule has 2 rings (SSSR count). The molecule has 0 aliphatic carbocycles. The van der Waals surface area contributed by atoms with Crippen LogP contribution in [0.3, 0.4) is 0 Å². The zero-order valence-electron chi connectivity index (χ0n) is 8.58. The molecule has 0 amide bonds. The molecule has 2 nitrogen and oxygen atoms in total. The number of ether oxygens (including phenoxy) is 2. The minimum atomic E-state index is 0.563. The molecule has 0 N–H and O–H groups in total. The highest BCUT2D eigenvalue weighted by atomic mass is 35.5. The Labute approximate surface area is 93.4 Å². The van der Waals surface area contributed by atoms with E-state index in [1.165, 1.54) is 0 Å². The van der Waals surface area contributed by atoms with E-state index in [1.807, 2.05) is 30.3 Å². The van der Waals surface area contributed by atoms with Gasteiger partial charge in [0.05, 0.1) is 19.2 Å². The van der Waals surface area contributed by atoms with Crippen LogP contribution in [0.4, 0.5) is 0 Å². The van der Waals surface area contributed by atoms with Gasteiger partial charge in [-0.15, -0.1) is 0 Å². The third kappa shape index (κ3) is 1.61. The fraction of sp³-hybridized carbons (Fsp3) is 0.167. The van der Waals surface area contributed by atoms with Crippen LogP contribution in [0.5, 0.6) is 11.5 Å². The molecule has 0 heterocycles. The Balaban J connectivity index is 2.84. The first-order valence-corrected chi connectivity index (χ1v) is 4.95. The first-order chi connectivity index (χ1) is 7.27. The second kappa shape index (κ2) is 3.99. The molecule has 15 heavy (non-hydrogen) atoms. The highest BCUT2D eigenvalue weighted by molar-refractivity contribution is 6.33. The predicted molar refractivity (Wildman–Crippen MR) is 62.1 cm³/mol. The Morgan fingerprint density at radius 2 is 1.67 bits per heavy atom. The first-order valence-electron chi connectivity index (χ1n) is 4.57. The Morgan fingerprint density at radius 3 is 2.33 bits per heavy atom. The van der Waals surface area contributed by atoms with Gasteiger partial charge < -0.3 is 9.47 Å². The van der Waals surface area contributed by atoms with Crippen LogP contribution in [0.15, 0.2) is 30.3 Å². The topological polar surface area (TPSA) is 18.5 Å². The molecule has 0 spiro atoms. The Hall–Kier alpha value is -1.41. The molecule has 0 atom stereocenters. The molecule has 2 aromatic carbocycles. The van der Waals surface area contributed by atoms with Crippen LogP contribution in [0.2, 0.25) is 5.02 Å². The number of hydrogen-bond donors (Lipinski definition) is 0. The lowest BCUT2D eigenvalue weighted by molar-refractivity contribution is 0.359. The molecule has 2 aromatic rings. The third-order valence-electron chi connectivity index (χ3n) is 2.32. The van der Waals surface area contributed by atoms with E-state index in [2.05, 4.69) is 0 Å². The van der Waals surface area contributed by atoms with Crippen molar-refractivity contribution in [1.29, 1.82) is 0 Å².